The number of alkyl carbamates (subject to hydrolysis) is 1. The number of nitrogens with zero attached hydrogens (tertiary/aromatic N) is 2. The highest BCUT2D eigenvalue weighted by Gasteiger charge is 2.24. The fourth-order valence-corrected chi connectivity index (χ4v) is 3.21. The van der Waals surface area contributed by atoms with E-state index in [0.29, 0.717) is 17.1 Å². The minimum absolute atomic E-state index is 0.0158. The summed E-state index contributed by atoms with van der Waals surface area (Å²) < 4.78 is 10.1. The molecule has 2 aromatic rings. The van der Waals surface area contributed by atoms with Gasteiger partial charge in [0.1, 0.15) is 11.6 Å². The molecule has 220 valence electrons. The van der Waals surface area contributed by atoms with Gasteiger partial charge in [-0.15, -0.1) is 0 Å². The van der Waals surface area contributed by atoms with Crippen molar-refractivity contribution in [2.75, 3.05) is 18.5 Å². The first-order chi connectivity index (χ1) is 19.4. The van der Waals surface area contributed by atoms with Crippen LogP contribution in [-0.2, 0) is 28.7 Å². The summed E-state index contributed by atoms with van der Waals surface area (Å²) in [4.78, 5) is 59.8. The molecule has 0 aromatic heterocycles. The van der Waals surface area contributed by atoms with E-state index in [2.05, 4.69) is 26.2 Å². The molecule has 0 saturated heterocycles. The number of azo groups is 1. The molecule has 4 amide bonds. The summed E-state index contributed by atoms with van der Waals surface area (Å²) in [5, 5.41) is 15.9. The molecule has 2 aromatic carbocycles. The van der Waals surface area contributed by atoms with Crippen molar-refractivity contribution in [2.45, 2.75) is 58.1 Å². The molecule has 0 bridgehead atoms. The van der Waals surface area contributed by atoms with Crippen LogP contribution >= 0.6 is 0 Å². The lowest BCUT2D eigenvalue weighted by atomic mass is 10.1. The predicted molar refractivity (Wildman–Crippen MR) is 150 cm³/mol. The zero-order valence-corrected chi connectivity index (χ0v) is 23.3. The van der Waals surface area contributed by atoms with Crippen LogP contribution in [-0.4, -0.2) is 54.6 Å². The molecule has 0 heterocycles. The van der Waals surface area contributed by atoms with Gasteiger partial charge in [-0.05, 0) is 70.0 Å². The highest BCUT2D eigenvalue weighted by Crippen LogP contribution is 2.20. The minimum Gasteiger partial charge on any atom is -0.456 e. The van der Waals surface area contributed by atoms with Crippen LogP contribution in [0.1, 0.15) is 46.5 Å². The summed E-state index contributed by atoms with van der Waals surface area (Å²) >= 11 is 0. The molecule has 5 N–H and O–H groups in total. The summed E-state index contributed by atoms with van der Waals surface area (Å²) in [5.74, 6) is -2.32. The number of esters is 1. The molecule has 0 saturated carbocycles. The van der Waals surface area contributed by atoms with E-state index in [-0.39, 0.29) is 32.2 Å². The molecule has 13 nitrogen and oxygen atoms in total. The molecule has 13 heteroatoms. The highest BCUT2D eigenvalue weighted by atomic mass is 16.6. The zero-order chi connectivity index (χ0) is 30.3. The van der Waals surface area contributed by atoms with Gasteiger partial charge in [0.2, 0.25) is 11.8 Å². The van der Waals surface area contributed by atoms with Gasteiger partial charge in [0.25, 0.3) is 5.91 Å². The number of rotatable bonds is 14. The Morgan fingerprint density at radius 2 is 1.54 bits per heavy atom. The Balaban J connectivity index is 1.69. The number of carbonyl (C=O) groups excluding carboxylic acids is 5. The lowest BCUT2D eigenvalue weighted by Gasteiger charge is -2.23. The second-order valence-electron chi connectivity index (χ2n) is 9.89. The Morgan fingerprint density at radius 1 is 0.902 bits per heavy atom. The van der Waals surface area contributed by atoms with Crippen LogP contribution in [0.15, 0.2) is 64.8 Å². The maximum atomic E-state index is 12.5. The van der Waals surface area contributed by atoms with Crippen molar-refractivity contribution < 1.29 is 33.4 Å². The number of carbonyl (C=O) groups is 5. The molecule has 2 rings (SSSR count). The number of nitrogens with two attached hydrogens (primary N) is 1. The Kier molecular flexibility index (Phi) is 12.9. The topological polar surface area (TPSA) is 191 Å². The van der Waals surface area contributed by atoms with Gasteiger partial charge in [-0.25, -0.2) is 4.79 Å². The van der Waals surface area contributed by atoms with Crippen LogP contribution in [0.25, 0.3) is 0 Å². The van der Waals surface area contributed by atoms with Crippen LogP contribution < -0.4 is 21.7 Å². The van der Waals surface area contributed by atoms with Crippen molar-refractivity contribution in [3.8, 4) is 0 Å². The van der Waals surface area contributed by atoms with Crippen LogP contribution in [0.4, 0.5) is 21.9 Å². The maximum Gasteiger partial charge on any atom is 0.408 e. The fraction of sp³-hybridized carbons (Fsp3) is 0.393. The average molecular weight is 569 g/mol. The third kappa shape index (κ3) is 14.2. The van der Waals surface area contributed by atoms with E-state index in [1.807, 2.05) is 30.3 Å². The lowest BCUT2D eigenvalue weighted by molar-refractivity contribution is -0.147. The normalized spacial score (nSPS) is 11.8. The van der Waals surface area contributed by atoms with Gasteiger partial charge < -0.3 is 31.2 Å². The van der Waals surface area contributed by atoms with Gasteiger partial charge in [0, 0.05) is 25.1 Å². The van der Waals surface area contributed by atoms with Crippen molar-refractivity contribution in [3.05, 3.63) is 54.6 Å². The molecule has 0 unspecified atom stereocenters. The molecular weight excluding hydrogens is 532 g/mol. The van der Waals surface area contributed by atoms with E-state index in [0.717, 1.165) is 0 Å². The Labute approximate surface area is 238 Å². The van der Waals surface area contributed by atoms with Gasteiger partial charge >= 0.3 is 12.1 Å². The first kappa shape index (κ1) is 32.4. The second-order valence-corrected chi connectivity index (χ2v) is 9.89. The molecule has 1 atom stereocenters. The first-order valence-corrected chi connectivity index (χ1v) is 13.0. The Morgan fingerprint density at radius 3 is 2.15 bits per heavy atom. The SMILES string of the molecule is CC(C)(C)OC(=O)N[C@@H](CCC(N)=O)C(=O)NCCCC(=O)OCC(=O)Nc1ccc(N=Nc2ccccc2)cc1. The summed E-state index contributed by atoms with van der Waals surface area (Å²) in [5.41, 5.74) is 6.20. The molecule has 0 aliphatic rings. The van der Waals surface area contributed by atoms with Crippen LogP contribution in [0, 0.1) is 0 Å². The highest BCUT2D eigenvalue weighted by molar-refractivity contribution is 5.93. The van der Waals surface area contributed by atoms with Gasteiger partial charge in [0.15, 0.2) is 6.61 Å². The van der Waals surface area contributed by atoms with Gasteiger partial charge in [-0.3, -0.25) is 19.2 Å². The van der Waals surface area contributed by atoms with E-state index in [1.165, 1.54) is 0 Å². The molecule has 0 spiro atoms. The number of hydrogen-bond acceptors (Lipinski definition) is 9. The molecule has 0 radical (unpaired) electrons. The molecule has 41 heavy (non-hydrogen) atoms. The molecular formula is C28H36N6O7. The Bertz CT molecular complexity index is 1210. The van der Waals surface area contributed by atoms with E-state index >= 15 is 0 Å². The number of benzene rings is 2. The van der Waals surface area contributed by atoms with E-state index < -0.39 is 48.0 Å². The van der Waals surface area contributed by atoms with Gasteiger partial charge in [0.05, 0.1) is 11.4 Å². The second kappa shape index (κ2) is 16.3. The number of anilines is 1. The van der Waals surface area contributed by atoms with Crippen LogP contribution in [0.2, 0.25) is 0 Å². The van der Waals surface area contributed by atoms with E-state index in [9.17, 15) is 24.0 Å². The lowest BCUT2D eigenvalue weighted by Crippen LogP contribution is -2.48. The fourth-order valence-electron chi connectivity index (χ4n) is 3.21. The van der Waals surface area contributed by atoms with Crippen molar-refractivity contribution in [1.29, 1.82) is 0 Å². The standard InChI is InChI=1S/C28H36N6O7/c1-28(2,3)41-27(39)32-22(15-16-23(29)35)26(38)30-17-7-10-25(37)40-18-24(36)31-19-11-13-21(14-12-19)34-33-20-8-5-4-6-9-20/h4-6,8-9,11-14,22H,7,10,15-18H2,1-3H3,(H2,29,35)(H,30,38)(H,31,36)(H,32,39)/t22-/m0/s1. The monoisotopic (exact) mass is 568 g/mol. The first-order valence-electron chi connectivity index (χ1n) is 13.0. The predicted octanol–water partition coefficient (Wildman–Crippen LogP) is 3.64. The van der Waals surface area contributed by atoms with Crippen molar-refractivity contribution in [1.82, 2.24) is 10.6 Å². The number of ether oxygens (including phenoxy) is 2. The van der Waals surface area contributed by atoms with E-state index in [4.69, 9.17) is 15.2 Å². The summed E-state index contributed by atoms with van der Waals surface area (Å²) in [6, 6.07) is 14.9. The zero-order valence-electron chi connectivity index (χ0n) is 23.3. The van der Waals surface area contributed by atoms with Gasteiger partial charge in [-0.2, -0.15) is 10.2 Å². The quantitative estimate of drug-likeness (QED) is 0.152. The minimum atomic E-state index is -1.05. The number of nitrogens with one attached hydrogen (secondary N) is 3. The summed E-state index contributed by atoms with van der Waals surface area (Å²) in [7, 11) is 0. The largest absolute Gasteiger partial charge is 0.456 e. The number of primary amides is 1. The third-order valence-corrected chi connectivity index (χ3v) is 5.10. The maximum absolute atomic E-state index is 12.5. The molecule has 0 aliphatic heterocycles. The average Bonchev–Trinajstić information content (AvgIpc) is 2.91. The van der Waals surface area contributed by atoms with Gasteiger partial charge in [-0.1, -0.05) is 18.2 Å². The summed E-state index contributed by atoms with van der Waals surface area (Å²) in [6.07, 6.45) is -0.780. The van der Waals surface area contributed by atoms with Crippen molar-refractivity contribution in [3.63, 3.8) is 0 Å². The number of amides is 4. The van der Waals surface area contributed by atoms with Crippen LogP contribution in [0.5, 0.6) is 0 Å². The smallest absolute Gasteiger partial charge is 0.408 e. The van der Waals surface area contributed by atoms with E-state index in [1.54, 1.807) is 45.0 Å². The van der Waals surface area contributed by atoms with Crippen molar-refractivity contribution in [2.24, 2.45) is 16.0 Å². The van der Waals surface area contributed by atoms with Crippen LogP contribution in [0.3, 0.4) is 0 Å². The molecule has 0 fully saturated rings. The number of hydrogen-bond donors (Lipinski definition) is 4. The van der Waals surface area contributed by atoms with Crippen molar-refractivity contribution >= 4 is 46.8 Å². The summed E-state index contributed by atoms with van der Waals surface area (Å²) in [6.45, 7) is 4.64. The molecule has 0 aliphatic carbocycles. The Hall–Kier alpha value is -4.81. The third-order valence-electron chi connectivity index (χ3n) is 5.10.